The van der Waals surface area contributed by atoms with Crippen LogP contribution in [0.2, 0.25) is 0 Å². The van der Waals surface area contributed by atoms with Gasteiger partial charge in [-0.3, -0.25) is 9.59 Å². The normalized spacial score (nSPS) is 15.6. The fourth-order valence-corrected chi connectivity index (χ4v) is 5.39. The van der Waals surface area contributed by atoms with Gasteiger partial charge in [0.25, 0.3) is 0 Å². The number of methoxy groups -OCH3 is 1. The topological polar surface area (TPSA) is 112 Å². The van der Waals surface area contributed by atoms with Crippen molar-refractivity contribution in [2.24, 2.45) is 0 Å². The van der Waals surface area contributed by atoms with Crippen molar-refractivity contribution in [2.75, 3.05) is 13.7 Å². The molecule has 2 aromatic carbocycles. The molecular formula is C28H28N4O4S. The number of alkyl carbamates (subject to hydrolysis) is 1. The number of hydrogen-bond acceptors (Lipinski definition) is 6. The first-order valence-corrected chi connectivity index (χ1v) is 12.9. The number of ether oxygens (including phenoxy) is 1. The first-order valence-electron chi connectivity index (χ1n) is 12.0. The lowest BCUT2D eigenvalue weighted by molar-refractivity contribution is -0.140. The summed E-state index contributed by atoms with van der Waals surface area (Å²) in [6.45, 7) is 0.680. The number of rotatable bonds is 8. The molecule has 190 valence electrons. The second kappa shape index (κ2) is 12.2. The fraction of sp³-hybridized carbons (Fsp3) is 0.286. The average molecular weight is 517 g/mol. The molecule has 0 aliphatic carbocycles. The maximum atomic E-state index is 14.1. The Kier molecular flexibility index (Phi) is 8.54. The summed E-state index contributed by atoms with van der Waals surface area (Å²) >= 11 is 1.32. The van der Waals surface area contributed by atoms with Gasteiger partial charge in [-0.1, -0.05) is 60.7 Å². The van der Waals surface area contributed by atoms with E-state index in [0.717, 1.165) is 16.7 Å². The van der Waals surface area contributed by atoms with Crippen molar-refractivity contribution in [2.45, 2.75) is 37.4 Å². The Morgan fingerprint density at radius 1 is 1.11 bits per heavy atom. The zero-order chi connectivity index (χ0) is 26.2. The number of amides is 3. The summed E-state index contributed by atoms with van der Waals surface area (Å²) in [6, 6.07) is 21.2. The van der Waals surface area contributed by atoms with E-state index in [-0.39, 0.29) is 18.4 Å². The van der Waals surface area contributed by atoms with Crippen molar-refractivity contribution in [1.29, 1.82) is 5.26 Å². The molecule has 2 N–H and O–H groups in total. The monoisotopic (exact) mass is 516 g/mol. The summed E-state index contributed by atoms with van der Waals surface area (Å²) in [5.41, 5.74) is 2.55. The molecule has 37 heavy (non-hydrogen) atoms. The van der Waals surface area contributed by atoms with Gasteiger partial charge in [-0.15, -0.1) is 11.3 Å². The molecule has 1 fully saturated rings. The fourth-order valence-electron chi connectivity index (χ4n) is 4.69. The smallest absolute Gasteiger partial charge is 0.407 e. The number of nitrogens with zero attached hydrogens (tertiary/aromatic N) is 2. The van der Waals surface area contributed by atoms with Crippen LogP contribution in [0.4, 0.5) is 4.79 Å². The van der Waals surface area contributed by atoms with E-state index in [2.05, 4.69) is 16.7 Å². The van der Waals surface area contributed by atoms with Crippen LogP contribution in [0.3, 0.4) is 0 Å². The van der Waals surface area contributed by atoms with Crippen molar-refractivity contribution in [3.05, 3.63) is 93.7 Å². The zero-order valence-corrected chi connectivity index (χ0v) is 21.2. The number of hydrogen-bond donors (Lipinski definition) is 2. The van der Waals surface area contributed by atoms with Crippen LogP contribution in [0.1, 0.15) is 40.3 Å². The molecule has 1 saturated heterocycles. The quantitative estimate of drug-likeness (QED) is 0.473. The number of carbonyl (C=O) groups is 3. The molecule has 3 amide bonds. The van der Waals surface area contributed by atoms with Crippen molar-refractivity contribution in [1.82, 2.24) is 15.5 Å². The van der Waals surface area contributed by atoms with Crippen molar-refractivity contribution in [3.63, 3.8) is 0 Å². The molecule has 3 aromatic rings. The molecule has 1 aliphatic heterocycles. The largest absolute Gasteiger partial charge is 0.453 e. The Hall–Kier alpha value is -4.16. The minimum Gasteiger partial charge on any atom is -0.453 e. The Labute approximate surface area is 219 Å². The van der Waals surface area contributed by atoms with Gasteiger partial charge in [-0.2, -0.15) is 5.26 Å². The minimum absolute atomic E-state index is 0.261. The number of carbonyl (C=O) groups excluding carboxylic acids is 3. The lowest BCUT2D eigenvalue weighted by Gasteiger charge is -2.33. The molecule has 1 aliphatic rings. The van der Waals surface area contributed by atoms with E-state index in [9.17, 15) is 14.4 Å². The van der Waals surface area contributed by atoms with Crippen LogP contribution in [0.15, 0.2) is 72.1 Å². The van der Waals surface area contributed by atoms with Crippen LogP contribution in [-0.4, -0.2) is 48.5 Å². The maximum Gasteiger partial charge on any atom is 0.407 e. The standard InChI is InChI=1S/C28H28N4O4S/c1-36-28(35)31-25(24(20-9-4-2-5-10-20)21-11-6-3-7-12-21)27(34)32-14-8-13-23(32)26(33)30-17-19-15-22(16-29)37-18-19/h2-7,9-12,15,18,23-25H,8,13-14,17H2,1H3,(H,30,33)(H,31,35)/t23-,25+/m0/s1. The van der Waals surface area contributed by atoms with Gasteiger partial charge in [0.05, 0.1) is 7.11 Å². The Morgan fingerprint density at radius 3 is 2.32 bits per heavy atom. The van der Waals surface area contributed by atoms with E-state index in [1.54, 1.807) is 11.0 Å². The lowest BCUT2D eigenvalue weighted by atomic mass is 9.84. The van der Waals surface area contributed by atoms with E-state index in [4.69, 9.17) is 10.00 Å². The Balaban J connectivity index is 1.60. The summed E-state index contributed by atoms with van der Waals surface area (Å²) in [5.74, 6) is -1.10. The number of benzene rings is 2. The van der Waals surface area contributed by atoms with E-state index < -0.39 is 24.1 Å². The maximum absolute atomic E-state index is 14.1. The van der Waals surface area contributed by atoms with Gasteiger partial charge in [0.15, 0.2) is 0 Å². The second-order valence-corrected chi connectivity index (χ2v) is 9.66. The number of nitrogens with one attached hydrogen (secondary N) is 2. The molecule has 1 aromatic heterocycles. The predicted octanol–water partition coefficient (Wildman–Crippen LogP) is 3.78. The van der Waals surface area contributed by atoms with Gasteiger partial charge >= 0.3 is 6.09 Å². The second-order valence-electron chi connectivity index (χ2n) is 8.75. The third kappa shape index (κ3) is 6.16. The molecule has 2 atom stereocenters. The summed E-state index contributed by atoms with van der Waals surface area (Å²) in [6.07, 6.45) is 0.477. The van der Waals surface area contributed by atoms with E-state index >= 15 is 0 Å². The highest BCUT2D eigenvalue weighted by Crippen LogP contribution is 2.31. The van der Waals surface area contributed by atoms with E-state index in [0.29, 0.717) is 24.3 Å². The molecule has 9 heteroatoms. The first kappa shape index (κ1) is 25.9. The number of likely N-dealkylation sites (tertiary alicyclic amines) is 1. The summed E-state index contributed by atoms with van der Waals surface area (Å²) in [4.78, 5) is 41.7. The number of thiophene rings is 1. The van der Waals surface area contributed by atoms with Crippen molar-refractivity contribution >= 4 is 29.2 Å². The average Bonchev–Trinajstić information content (AvgIpc) is 3.62. The molecule has 0 spiro atoms. The minimum atomic E-state index is -0.985. The van der Waals surface area contributed by atoms with Gasteiger partial charge < -0.3 is 20.3 Å². The molecule has 0 unspecified atom stereocenters. The summed E-state index contributed by atoms with van der Waals surface area (Å²) in [7, 11) is 1.26. The first-order chi connectivity index (χ1) is 18.0. The molecule has 2 heterocycles. The summed E-state index contributed by atoms with van der Waals surface area (Å²) < 4.78 is 4.87. The SMILES string of the molecule is COC(=O)N[C@@H](C(=O)N1CCC[C@H]1C(=O)NCc1csc(C#N)c1)C(c1ccccc1)c1ccccc1. The van der Waals surface area contributed by atoms with Gasteiger partial charge in [-0.05, 0) is 41.0 Å². The highest BCUT2D eigenvalue weighted by atomic mass is 32.1. The third-order valence-electron chi connectivity index (χ3n) is 6.44. The molecular weight excluding hydrogens is 488 g/mol. The van der Waals surface area contributed by atoms with Crippen LogP contribution in [0.25, 0.3) is 0 Å². The van der Waals surface area contributed by atoms with Gasteiger partial charge in [0.2, 0.25) is 11.8 Å². The van der Waals surface area contributed by atoms with Crippen LogP contribution in [-0.2, 0) is 20.9 Å². The van der Waals surface area contributed by atoms with Crippen molar-refractivity contribution in [3.8, 4) is 6.07 Å². The van der Waals surface area contributed by atoms with Crippen LogP contribution >= 0.6 is 11.3 Å². The van der Waals surface area contributed by atoms with E-state index in [1.807, 2.05) is 66.0 Å². The highest BCUT2D eigenvalue weighted by molar-refractivity contribution is 7.10. The number of nitriles is 1. The molecule has 0 bridgehead atoms. The predicted molar refractivity (Wildman–Crippen MR) is 140 cm³/mol. The highest BCUT2D eigenvalue weighted by Gasteiger charge is 2.41. The van der Waals surface area contributed by atoms with Gasteiger partial charge in [0, 0.05) is 19.0 Å². The molecule has 0 saturated carbocycles. The molecule has 4 rings (SSSR count). The zero-order valence-electron chi connectivity index (χ0n) is 20.4. The Morgan fingerprint density at radius 2 is 1.76 bits per heavy atom. The van der Waals surface area contributed by atoms with Crippen LogP contribution in [0.5, 0.6) is 0 Å². The third-order valence-corrected chi connectivity index (χ3v) is 7.33. The summed E-state index contributed by atoms with van der Waals surface area (Å²) in [5, 5.41) is 16.5. The van der Waals surface area contributed by atoms with Gasteiger partial charge in [0.1, 0.15) is 23.0 Å². The Bertz CT molecular complexity index is 1230. The lowest BCUT2D eigenvalue weighted by Crippen LogP contribution is -2.55. The van der Waals surface area contributed by atoms with E-state index in [1.165, 1.54) is 18.4 Å². The molecule has 0 radical (unpaired) electrons. The van der Waals surface area contributed by atoms with Crippen LogP contribution in [0, 0.1) is 11.3 Å². The van der Waals surface area contributed by atoms with Crippen molar-refractivity contribution < 1.29 is 19.1 Å². The van der Waals surface area contributed by atoms with Crippen LogP contribution < -0.4 is 10.6 Å². The molecule has 8 nitrogen and oxygen atoms in total. The van der Waals surface area contributed by atoms with Gasteiger partial charge in [-0.25, -0.2) is 4.79 Å².